The van der Waals surface area contributed by atoms with Gasteiger partial charge in [0.1, 0.15) is 23.4 Å². The number of nitrogens with zero attached hydrogens (tertiary/aromatic N) is 1. The second-order valence-corrected chi connectivity index (χ2v) is 6.82. The normalized spacial score (nSPS) is 11.8. The first kappa shape index (κ1) is 21.3. The third-order valence-corrected chi connectivity index (χ3v) is 4.16. The first-order valence-corrected chi connectivity index (χ1v) is 8.94. The van der Waals surface area contributed by atoms with E-state index in [2.05, 4.69) is 5.32 Å². The van der Waals surface area contributed by atoms with E-state index in [-0.39, 0.29) is 30.5 Å². The molecule has 1 unspecified atom stereocenters. The molecule has 1 N–H and O–H groups in total. The number of rotatable bonds is 8. The second kappa shape index (κ2) is 9.82. The summed E-state index contributed by atoms with van der Waals surface area (Å²) in [6, 6.07) is 11.3. The summed E-state index contributed by atoms with van der Waals surface area (Å²) in [5, 5.41) is 2.67. The van der Waals surface area contributed by atoms with Gasteiger partial charge in [0, 0.05) is 25.2 Å². The fourth-order valence-electron chi connectivity index (χ4n) is 2.62. The van der Waals surface area contributed by atoms with Gasteiger partial charge in [0.15, 0.2) is 6.61 Å². The molecule has 0 bridgehead atoms. The summed E-state index contributed by atoms with van der Waals surface area (Å²) in [5.74, 6) is -1.84. The molecule has 5 nitrogen and oxygen atoms in total. The quantitative estimate of drug-likeness (QED) is 0.753. The Morgan fingerprint density at radius 1 is 1.11 bits per heavy atom. The maximum absolute atomic E-state index is 13.8. The molecule has 0 spiro atoms. The van der Waals surface area contributed by atoms with Crippen LogP contribution in [-0.4, -0.2) is 36.4 Å². The average Bonchev–Trinajstić information content (AvgIpc) is 2.66. The highest BCUT2D eigenvalue weighted by Gasteiger charge is 2.27. The molecule has 2 amide bonds. The van der Waals surface area contributed by atoms with E-state index in [0.717, 1.165) is 12.1 Å². The Balaban J connectivity index is 1.97. The lowest BCUT2D eigenvalue weighted by molar-refractivity contribution is -0.137. The lowest BCUT2D eigenvalue weighted by Crippen LogP contribution is -2.51. The molecule has 2 rings (SSSR count). The zero-order chi connectivity index (χ0) is 20.7. The number of benzene rings is 2. The average molecular weight is 390 g/mol. The van der Waals surface area contributed by atoms with Crippen LogP contribution in [-0.2, 0) is 16.1 Å². The van der Waals surface area contributed by atoms with Crippen LogP contribution in [0.25, 0.3) is 0 Å². The van der Waals surface area contributed by atoms with Crippen LogP contribution in [0.5, 0.6) is 5.75 Å². The van der Waals surface area contributed by atoms with Crippen LogP contribution in [0.3, 0.4) is 0 Å². The van der Waals surface area contributed by atoms with Crippen molar-refractivity contribution in [3.05, 3.63) is 65.7 Å². The Hall–Kier alpha value is -2.96. The van der Waals surface area contributed by atoms with Gasteiger partial charge in [0.25, 0.3) is 5.91 Å². The number of hydrogen-bond donors (Lipinski definition) is 1. The third kappa shape index (κ3) is 6.04. The zero-order valence-corrected chi connectivity index (χ0v) is 16.1. The lowest BCUT2D eigenvalue weighted by Gasteiger charge is -2.27. The molecule has 7 heteroatoms. The van der Waals surface area contributed by atoms with E-state index in [1.807, 2.05) is 6.07 Å². The molecule has 0 radical (unpaired) electrons. The molecule has 0 aliphatic carbocycles. The SMILES string of the molecule is CC(C)C(NC(=O)COc1ccccc1)C(=O)N(C)Cc1ccc(F)cc1F. The predicted molar refractivity (Wildman–Crippen MR) is 102 cm³/mol. The maximum atomic E-state index is 13.8. The zero-order valence-electron chi connectivity index (χ0n) is 16.1. The second-order valence-electron chi connectivity index (χ2n) is 6.82. The van der Waals surface area contributed by atoms with E-state index in [1.54, 1.807) is 38.1 Å². The van der Waals surface area contributed by atoms with Gasteiger partial charge in [-0.05, 0) is 24.1 Å². The fraction of sp³-hybridized carbons (Fsp3) is 0.333. The molecule has 0 aromatic heterocycles. The number of carbonyl (C=O) groups is 2. The van der Waals surface area contributed by atoms with Crippen LogP contribution in [0.4, 0.5) is 8.78 Å². The van der Waals surface area contributed by atoms with Gasteiger partial charge in [-0.25, -0.2) is 8.78 Å². The van der Waals surface area contributed by atoms with E-state index in [1.165, 1.54) is 18.0 Å². The van der Waals surface area contributed by atoms with Crippen molar-refractivity contribution in [3.8, 4) is 5.75 Å². The van der Waals surface area contributed by atoms with Crippen LogP contribution < -0.4 is 10.1 Å². The molecule has 0 heterocycles. The number of carbonyl (C=O) groups excluding carboxylic acids is 2. The lowest BCUT2D eigenvalue weighted by atomic mass is 10.0. The van der Waals surface area contributed by atoms with E-state index < -0.39 is 23.6 Å². The minimum atomic E-state index is -0.791. The molecule has 150 valence electrons. The molecule has 0 fully saturated rings. The molecule has 0 saturated heterocycles. The van der Waals surface area contributed by atoms with Gasteiger partial charge in [0.2, 0.25) is 5.91 Å². The Labute approximate surface area is 163 Å². The van der Waals surface area contributed by atoms with E-state index in [4.69, 9.17) is 4.74 Å². The molecular formula is C21H24F2N2O3. The van der Waals surface area contributed by atoms with Crippen molar-refractivity contribution in [2.75, 3.05) is 13.7 Å². The summed E-state index contributed by atoms with van der Waals surface area (Å²) >= 11 is 0. The van der Waals surface area contributed by atoms with E-state index >= 15 is 0 Å². The smallest absolute Gasteiger partial charge is 0.258 e. The summed E-state index contributed by atoms with van der Waals surface area (Å²) in [5.41, 5.74) is 0.193. The fourth-order valence-corrected chi connectivity index (χ4v) is 2.62. The molecule has 28 heavy (non-hydrogen) atoms. The predicted octanol–water partition coefficient (Wildman–Crippen LogP) is 3.14. The molecule has 0 saturated carbocycles. The summed E-state index contributed by atoms with van der Waals surface area (Å²) < 4.78 is 32.3. The molecule has 0 aliphatic rings. The number of amides is 2. The highest BCUT2D eigenvalue weighted by Crippen LogP contribution is 2.14. The van der Waals surface area contributed by atoms with Gasteiger partial charge in [-0.3, -0.25) is 9.59 Å². The molecular weight excluding hydrogens is 366 g/mol. The molecule has 0 aliphatic heterocycles. The summed E-state index contributed by atoms with van der Waals surface area (Å²) in [6.45, 7) is 3.34. The van der Waals surface area contributed by atoms with Gasteiger partial charge in [-0.15, -0.1) is 0 Å². The van der Waals surface area contributed by atoms with Crippen LogP contribution in [0, 0.1) is 17.6 Å². The largest absolute Gasteiger partial charge is 0.484 e. The van der Waals surface area contributed by atoms with Crippen molar-refractivity contribution in [2.45, 2.75) is 26.4 Å². The van der Waals surface area contributed by atoms with E-state index in [0.29, 0.717) is 5.75 Å². The summed E-state index contributed by atoms with van der Waals surface area (Å²) in [6.07, 6.45) is 0. The van der Waals surface area contributed by atoms with E-state index in [9.17, 15) is 18.4 Å². The summed E-state index contributed by atoms with van der Waals surface area (Å²) in [4.78, 5) is 26.3. The highest BCUT2D eigenvalue weighted by atomic mass is 19.1. The topological polar surface area (TPSA) is 58.6 Å². The van der Waals surface area contributed by atoms with Gasteiger partial charge < -0.3 is 15.0 Å². The number of nitrogens with one attached hydrogen (secondary N) is 1. The van der Waals surface area contributed by atoms with Crippen molar-refractivity contribution in [1.82, 2.24) is 10.2 Å². The maximum Gasteiger partial charge on any atom is 0.258 e. The first-order valence-electron chi connectivity index (χ1n) is 8.94. The minimum Gasteiger partial charge on any atom is -0.484 e. The molecule has 2 aromatic rings. The van der Waals surface area contributed by atoms with Crippen molar-refractivity contribution in [1.29, 1.82) is 0 Å². The Morgan fingerprint density at radius 2 is 1.79 bits per heavy atom. The summed E-state index contributed by atoms with van der Waals surface area (Å²) in [7, 11) is 1.51. The number of ether oxygens (including phenoxy) is 1. The van der Waals surface area contributed by atoms with Gasteiger partial charge >= 0.3 is 0 Å². The van der Waals surface area contributed by atoms with Gasteiger partial charge in [0.05, 0.1) is 0 Å². The van der Waals surface area contributed by atoms with Gasteiger partial charge in [-0.2, -0.15) is 0 Å². The van der Waals surface area contributed by atoms with Crippen molar-refractivity contribution in [2.24, 2.45) is 5.92 Å². The van der Waals surface area contributed by atoms with Crippen LogP contribution >= 0.6 is 0 Å². The molecule has 1 atom stereocenters. The van der Waals surface area contributed by atoms with Crippen LogP contribution in [0.1, 0.15) is 19.4 Å². The van der Waals surface area contributed by atoms with Gasteiger partial charge in [-0.1, -0.05) is 38.1 Å². The number of para-hydroxylation sites is 1. The van der Waals surface area contributed by atoms with Crippen LogP contribution in [0.2, 0.25) is 0 Å². The Kier molecular flexibility index (Phi) is 7.49. The van der Waals surface area contributed by atoms with Crippen molar-refractivity contribution < 1.29 is 23.1 Å². The number of halogens is 2. The Morgan fingerprint density at radius 3 is 2.39 bits per heavy atom. The first-order chi connectivity index (χ1) is 13.3. The number of hydrogen-bond acceptors (Lipinski definition) is 3. The highest BCUT2D eigenvalue weighted by molar-refractivity contribution is 5.88. The third-order valence-electron chi connectivity index (χ3n) is 4.16. The number of likely N-dealkylation sites (N-methyl/N-ethyl adjacent to an activating group) is 1. The molecule has 2 aromatic carbocycles. The minimum absolute atomic E-state index is 0.0372. The van der Waals surface area contributed by atoms with Crippen LogP contribution in [0.15, 0.2) is 48.5 Å². The monoisotopic (exact) mass is 390 g/mol. The Bertz CT molecular complexity index is 813. The van der Waals surface area contributed by atoms with Crippen molar-refractivity contribution >= 4 is 11.8 Å². The van der Waals surface area contributed by atoms with Crippen molar-refractivity contribution in [3.63, 3.8) is 0 Å². The standard InChI is InChI=1S/C21H24F2N2O3/c1-14(2)20(24-19(26)13-28-17-7-5-4-6-8-17)21(27)25(3)12-15-9-10-16(22)11-18(15)23/h4-11,14,20H,12-13H2,1-3H3,(H,24,26).